The maximum absolute atomic E-state index is 13.4. The molecule has 1 atom stereocenters. The summed E-state index contributed by atoms with van der Waals surface area (Å²) in [5.41, 5.74) is 2.91. The number of nitrogens with one attached hydrogen (secondary N) is 1. The maximum atomic E-state index is 13.4. The van der Waals surface area contributed by atoms with Crippen LogP contribution in [0.1, 0.15) is 70.3 Å². The molecule has 4 nitrogen and oxygen atoms in total. The molecule has 3 aromatic rings. The molecule has 29 heavy (non-hydrogen) atoms. The Bertz CT molecular complexity index is 976. The zero-order valence-corrected chi connectivity index (χ0v) is 17.9. The topological polar surface area (TPSA) is 46.9 Å². The standard InChI is InChI=1S/C25H33N3O/c1-4-7-8-11-18-26-22(6-3)24-27-23-13-10-9-12-21(23)25(29)28(24)20-16-14-19(5-2)15-17-20/h9-10,12-17,22,26H,4-8,11,18H2,1-3H3. The van der Waals surface area contributed by atoms with Gasteiger partial charge in [0.2, 0.25) is 0 Å². The molecule has 1 aromatic heterocycles. The molecular weight excluding hydrogens is 358 g/mol. The number of para-hydroxylation sites is 1. The second kappa shape index (κ2) is 10.4. The largest absolute Gasteiger partial charge is 0.307 e. The predicted molar refractivity (Wildman–Crippen MR) is 122 cm³/mol. The van der Waals surface area contributed by atoms with Crippen molar-refractivity contribution in [1.29, 1.82) is 0 Å². The zero-order chi connectivity index (χ0) is 20.6. The Morgan fingerprint density at radius 2 is 1.72 bits per heavy atom. The number of rotatable bonds is 10. The van der Waals surface area contributed by atoms with Crippen molar-refractivity contribution in [3.63, 3.8) is 0 Å². The molecule has 0 saturated heterocycles. The predicted octanol–water partition coefficient (Wildman–Crippen LogP) is 5.57. The van der Waals surface area contributed by atoms with E-state index in [1.54, 1.807) is 4.57 Å². The van der Waals surface area contributed by atoms with Crippen LogP contribution in [0.4, 0.5) is 0 Å². The van der Waals surface area contributed by atoms with Crippen molar-refractivity contribution in [3.8, 4) is 5.69 Å². The van der Waals surface area contributed by atoms with Gasteiger partial charge in [0, 0.05) is 0 Å². The molecule has 1 heterocycles. The van der Waals surface area contributed by atoms with Crippen molar-refractivity contribution >= 4 is 10.9 Å². The lowest BCUT2D eigenvalue weighted by Crippen LogP contribution is -2.31. The molecule has 0 saturated carbocycles. The van der Waals surface area contributed by atoms with E-state index >= 15 is 0 Å². The third kappa shape index (κ3) is 4.94. The summed E-state index contributed by atoms with van der Waals surface area (Å²) < 4.78 is 1.80. The minimum absolute atomic E-state index is 0.00100. The molecule has 0 spiro atoms. The number of hydrogen-bond acceptors (Lipinski definition) is 3. The summed E-state index contributed by atoms with van der Waals surface area (Å²) in [4.78, 5) is 18.4. The smallest absolute Gasteiger partial charge is 0.266 e. The number of aryl methyl sites for hydroxylation is 1. The molecule has 0 bridgehead atoms. The van der Waals surface area contributed by atoms with E-state index in [0.29, 0.717) is 5.39 Å². The Morgan fingerprint density at radius 3 is 2.41 bits per heavy atom. The van der Waals surface area contributed by atoms with Gasteiger partial charge in [-0.1, -0.05) is 64.3 Å². The van der Waals surface area contributed by atoms with E-state index in [0.717, 1.165) is 42.8 Å². The van der Waals surface area contributed by atoms with Crippen LogP contribution in [0.5, 0.6) is 0 Å². The van der Waals surface area contributed by atoms with Gasteiger partial charge in [-0.25, -0.2) is 4.98 Å². The maximum Gasteiger partial charge on any atom is 0.266 e. The normalized spacial score (nSPS) is 12.4. The van der Waals surface area contributed by atoms with Crippen LogP contribution in [0.15, 0.2) is 53.3 Å². The molecule has 0 aliphatic carbocycles. The van der Waals surface area contributed by atoms with Gasteiger partial charge < -0.3 is 5.32 Å². The van der Waals surface area contributed by atoms with E-state index in [1.807, 2.05) is 36.4 Å². The molecule has 2 aromatic carbocycles. The van der Waals surface area contributed by atoms with Crippen LogP contribution in [0.3, 0.4) is 0 Å². The summed E-state index contributed by atoms with van der Waals surface area (Å²) in [6, 6.07) is 15.9. The van der Waals surface area contributed by atoms with Crippen LogP contribution >= 0.6 is 0 Å². The molecule has 0 aliphatic heterocycles. The highest BCUT2D eigenvalue weighted by Gasteiger charge is 2.19. The van der Waals surface area contributed by atoms with Crippen LogP contribution in [0.2, 0.25) is 0 Å². The first-order chi connectivity index (χ1) is 14.2. The van der Waals surface area contributed by atoms with Gasteiger partial charge >= 0.3 is 0 Å². The zero-order valence-electron chi connectivity index (χ0n) is 17.9. The van der Waals surface area contributed by atoms with Gasteiger partial charge in [0.05, 0.1) is 22.6 Å². The van der Waals surface area contributed by atoms with Crippen LogP contribution in [-0.2, 0) is 6.42 Å². The molecule has 3 rings (SSSR count). The van der Waals surface area contributed by atoms with Crippen molar-refractivity contribution in [2.45, 2.75) is 65.3 Å². The summed E-state index contributed by atoms with van der Waals surface area (Å²) in [6.45, 7) is 7.45. The quantitative estimate of drug-likeness (QED) is 0.460. The molecule has 0 aliphatic rings. The van der Waals surface area contributed by atoms with Crippen molar-refractivity contribution < 1.29 is 0 Å². The average molecular weight is 392 g/mol. The lowest BCUT2D eigenvalue weighted by molar-refractivity contribution is 0.469. The van der Waals surface area contributed by atoms with Gasteiger partial charge in [-0.2, -0.15) is 0 Å². The van der Waals surface area contributed by atoms with E-state index in [-0.39, 0.29) is 11.6 Å². The molecule has 1 unspecified atom stereocenters. The number of unbranched alkanes of at least 4 members (excludes halogenated alkanes) is 3. The lowest BCUT2D eigenvalue weighted by atomic mass is 10.1. The molecule has 4 heteroatoms. The molecule has 0 fully saturated rings. The highest BCUT2D eigenvalue weighted by molar-refractivity contribution is 5.77. The van der Waals surface area contributed by atoms with Gasteiger partial charge in [0.1, 0.15) is 5.82 Å². The molecule has 1 N–H and O–H groups in total. The number of aromatic nitrogens is 2. The highest BCUT2D eigenvalue weighted by atomic mass is 16.1. The summed E-state index contributed by atoms with van der Waals surface area (Å²) >= 11 is 0. The second-order valence-electron chi connectivity index (χ2n) is 7.62. The van der Waals surface area contributed by atoms with E-state index in [2.05, 4.69) is 38.2 Å². The fraction of sp³-hybridized carbons (Fsp3) is 0.440. The minimum atomic E-state index is 0.00100. The van der Waals surface area contributed by atoms with Crippen molar-refractivity contribution in [1.82, 2.24) is 14.9 Å². The van der Waals surface area contributed by atoms with Crippen LogP contribution < -0.4 is 10.9 Å². The third-order valence-corrected chi connectivity index (χ3v) is 5.55. The monoisotopic (exact) mass is 391 g/mol. The Kier molecular flexibility index (Phi) is 7.59. The first-order valence-electron chi connectivity index (χ1n) is 11.0. The van der Waals surface area contributed by atoms with E-state index in [9.17, 15) is 4.79 Å². The summed E-state index contributed by atoms with van der Waals surface area (Å²) in [5.74, 6) is 0.802. The highest BCUT2D eigenvalue weighted by Crippen LogP contribution is 2.21. The van der Waals surface area contributed by atoms with Crippen LogP contribution in [0.25, 0.3) is 16.6 Å². The molecule has 154 valence electrons. The number of benzene rings is 2. The van der Waals surface area contributed by atoms with Crippen LogP contribution in [0, 0.1) is 0 Å². The minimum Gasteiger partial charge on any atom is -0.307 e. The first-order valence-corrected chi connectivity index (χ1v) is 11.0. The second-order valence-corrected chi connectivity index (χ2v) is 7.62. The first kappa shape index (κ1) is 21.3. The van der Waals surface area contributed by atoms with Crippen molar-refractivity contribution in [2.75, 3.05) is 6.54 Å². The third-order valence-electron chi connectivity index (χ3n) is 5.55. The molecule has 0 radical (unpaired) electrons. The van der Waals surface area contributed by atoms with Gasteiger partial charge in [-0.3, -0.25) is 9.36 Å². The van der Waals surface area contributed by atoms with Crippen molar-refractivity contribution in [2.24, 2.45) is 0 Å². The van der Waals surface area contributed by atoms with Gasteiger partial charge in [-0.15, -0.1) is 0 Å². The summed E-state index contributed by atoms with van der Waals surface area (Å²) in [7, 11) is 0. The fourth-order valence-corrected chi connectivity index (χ4v) is 3.76. The summed E-state index contributed by atoms with van der Waals surface area (Å²) in [6.07, 6.45) is 6.74. The van der Waals surface area contributed by atoms with Gasteiger partial charge in [0.25, 0.3) is 5.56 Å². The van der Waals surface area contributed by atoms with E-state index in [4.69, 9.17) is 4.98 Å². The van der Waals surface area contributed by atoms with Crippen molar-refractivity contribution in [3.05, 3.63) is 70.3 Å². The SMILES string of the molecule is CCCCCCNC(CC)c1nc2ccccc2c(=O)n1-c1ccc(CC)cc1. The molecular formula is C25H33N3O. The Balaban J connectivity index is 2.04. The average Bonchev–Trinajstić information content (AvgIpc) is 2.76. The Hall–Kier alpha value is -2.46. The van der Waals surface area contributed by atoms with Crippen LogP contribution in [-0.4, -0.2) is 16.1 Å². The lowest BCUT2D eigenvalue weighted by Gasteiger charge is -2.22. The van der Waals surface area contributed by atoms with Gasteiger partial charge in [-0.05, 0) is 55.6 Å². The number of nitrogens with zero attached hydrogens (tertiary/aromatic N) is 2. The Labute approximate surface area is 174 Å². The number of hydrogen-bond donors (Lipinski definition) is 1. The fourth-order valence-electron chi connectivity index (χ4n) is 3.76. The Morgan fingerprint density at radius 1 is 0.966 bits per heavy atom. The van der Waals surface area contributed by atoms with E-state index in [1.165, 1.54) is 24.8 Å². The molecule has 0 amide bonds. The number of fused-ring (bicyclic) bond motifs is 1. The van der Waals surface area contributed by atoms with Gasteiger partial charge in [0.15, 0.2) is 0 Å². The van der Waals surface area contributed by atoms with E-state index < -0.39 is 0 Å². The summed E-state index contributed by atoms with van der Waals surface area (Å²) in [5, 5.41) is 4.31.